The second-order valence-corrected chi connectivity index (χ2v) is 7.90. The summed E-state index contributed by atoms with van der Waals surface area (Å²) in [7, 11) is 2.00. The highest BCUT2D eigenvalue weighted by Gasteiger charge is 2.17. The van der Waals surface area contributed by atoms with E-state index in [4.69, 9.17) is 16.2 Å². The first-order valence-corrected chi connectivity index (χ1v) is 11.0. The van der Waals surface area contributed by atoms with Gasteiger partial charge in [-0.15, -0.1) is 0 Å². The summed E-state index contributed by atoms with van der Waals surface area (Å²) in [4.78, 5) is 21.1. The predicted octanol–water partition coefficient (Wildman–Crippen LogP) is 4.80. The molecule has 0 saturated carbocycles. The Morgan fingerprint density at radius 3 is 2.23 bits per heavy atom. The molecule has 0 bridgehead atoms. The van der Waals surface area contributed by atoms with Crippen LogP contribution in [0.4, 0.5) is 11.4 Å². The first-order valence-electron chi connectivity index (χ1n) is 9.90. The van der Waals surface area contributed by atoms with Crippen molar-refractivity contribution < 1.29 is 9.35 Å². The van der Waals surface area contributed by atoms with E-state index >= 15 is 0 Å². The molecule has 1 fully saturated rings. The Hall–Kier alpha value is -2.58. The number of piperazine rings is 1. The molecule has 0 radical (unpaired) electrons. The van der Waals surface area contributed by atoms with E-state index in [0.29, 0.717) is 22.0 Å². The number of benzene rings is 2. The quantitative estimate of drug-likeness (QED) is 0.549. The Balaban J connectivity index is 0.000000254. The maximum Gasteiger partial charge on any atom is 0.253 e. The number of carbonyl (C=O) groups excluding carboxylic acids is 1. The van der Waals surface area contributed by atoms with E-state index < -0.39 is 0 Å². The third-order valence-corrected chi connectivity index (χ3v) is 5.89. The summed E-state index contributed by atoms with van der Waals surface area (Å²) in [6.07, 6.45) is 3.54. The van der Waals surface area contributed by atoms with Gasteiger partial charge in [-0.2, -0.15) is 0 Å². The van der Waals surface area contributed by atoms with E-state index in [1.807, 2.05) is 60.5 Å². The van der Waals surface area contributed by atoms with Crippen molar-refractivity contribution in [1.29, 1.82) is 0 Å². The van der Waals surface area contributed by atoms with Gasteiger partial charge in [-0.05, 0) is 48.5 Å². The van der Waals surface area contributed by atoms with Crippen molar-refractivity contribution >= 4 is 40.9 Å². The lowest BCUT2D eigenvalue weighted by Crippen LogP contribution is -2.46. The van der Waals surface area contributed by atoms with Crippen molar-refractivity contribution in [2.75, 3.05) is 38.1 Å². The number of hydrogen-bond donors (Lipinski definition) is 2. The summed E-state index contributed by atoms with van der Waals surface area (Å²) < 4.78 is 8.55. The van der Waals surface area contributed by atoms with Crippen LogP contribution in [0.25, 0.3) is 0 Å². The average Bonchev–Trinajstić information content (AvgIpc) is 2.85. The summed E-state index contributed by atoms with van der Waals surface area (Å²) in [6.45, 7) is 3.29. The molecule has 0 aliphatic carbocycles. The van der Waals surface area contributed by atoms with Crippen LogP contribution in [0.5, 0.6) is 0 Å². The van der Waals surface area contributed by atoms with Gasteiger partial charge < -0.3 is 19.7 Å². The van der Waals surface area contributed by atoms with Gasteiger partial charge >= 0.3 is 0 Å². The number of nitrogens with one attached hydrogen (secondary N) is 1. The standard InChI is InChI=1S/C17H20N4O.C6H5ClOS/c1-20(16-6-8-18-9-7-16)15-4-2-14(3-5-15)17(22)21-12-10-19-11-13-21;7-5-3-1-2-4-6(5)9-8/h2-9,19H,10-13H2,1H3;1-4,8H. The van der Waals surface area contributed by atoms with Gasteiger partial charge in [-0.3, -0.25) is 9.78 Å². The number of rotatable bonds is 4. The maximum absolute atomic E-state index is 12.4. The molecule has 3 aromatic rings. The zero-order valence-electron chi connectivity index (χ0n) is 17.2. The average molecular weight is 457 g/mol. The van der Waals surface area contributed by atoms with Crippen LogP contribution in [-0.4, -0.2) is 53.6 Å². The molecule has 2 aromatic carbocycles. The number of aromatic nitrogens is 1. The van der Waals surface area contributed by atoms with Gasteiger partial charge in [0.2, 0.25) is 0 Å². The number of hydrogen-bond acceptors (Lipinski definition) is 6. The van der Waals surface area contributed by atoms with Crippen LogP contribution in [0, 0.1) is 0 Å². The largest absolute Gasteiger partial charge is 0.345 e. The lowest BCUT2D eigenvalue weighted by molar-refractivity contribution is 0.0736. The lowest BCUT2D eigenvalue weighted by Gasteiger charge is -2.27. The molecule has 2 N–H and O–H groups in total. The summed E-state index contributed by atoms with van der Waals surface area (Å²) in [5.74, 6) is 0.111. The highest BCUT2D eigenvalue weighted by atomic mass is 35.5. The number of halogens is 1. The molecule has 1 amide bonds. The smallest absolute Gasteiger partial charge is 0.253 e. The highest BCUT2D eigenvalue weighted by Crippen LogP contribution is 2.24. The molecule has 0 spiro atoms. The summed E-state index contributed by atoms with van der Waals surface area (Å²) in [5.41, 5.74) is 2.85. The van der Waals surface area contributed by atoms with Gasteiger partial charge in [0.05, 0.1) is 9.92 Å². The molecule has 6 nitrogen and oxygen atoms in total. The second kappa shape index (κ2) is 11.7. The molecule has 2 heterocycles. The summed E-state index contributed by atoms with van der Waals surface area (Å²) in [6, 6.07) is 18.8. The number of amides is 1. The minimum absolute atomic E-state index is 0.111. The fourth-order valence-corrected chi connectivity index (χ4v) is 3.65. The monoisotopic (exact) mass is 456 g/mol. The van der Waals surface area contributed by atoms with Gasteiger partial charge in [0.1, 0.15) is 0 Å². The molecule has 0 atom stereocenters. The Labute approximate surface area is 192 Å². The molecule has 31 heavy (non-hydrogen) atoms. The number of anilines is 2. The third kappa shape index (κ3) is 6.45. The molecule has 4 rings (SSSR count). The van der Waals surface area contributed by atoms with Crippen LogP contribution in [0.15, 0.2) is 78.0 Å². The first kappa shape index (κ1) is 23.1. The fraction of sp³-hybridized carbons (Fsp3) is 0.217. The highest BCUT2D eigenvalue weighted by molar-refractivity contribution is 7.93. The van der Waals surface area contributed by atoms with Crippen molar-refractivity contribution in [3.05, 3.63) is 83.6 Å². The van der Waals surface area contributed by atoms with Crippen LogP contribution in [0.2, 0.25) is 5.02 Å². The van der Waals surface area contributed by atoms with Crippen molar-refractivity contribution in [1.82, 2.24) is 15.2 Å². The van der Waals surface area contributed by atoms with Crippen molar-refractivity contribution in [3.8, 4) is 0 Å². The van der Waals surface area contributed by atoms with E-state index in [-0.39, 0.29) is 5.91 Å². The third-order valence-electron chi connectivity index (χ3n) is 4.89. The van der Waals surface area contributed by atoms with Crippen molar-refractivity contribution in [3.63, 3.8) is 0 Å². The van der Waals surface area contributed by atoms with Gasteiger partial charge in [0.15, 0.2) is 0 Å². The van der Waals surface area contributed by atoms with Crippen LogP contribution >= 0.6 is 23.6 Å². The SMILES string of the molecule is CN(c1ccncc1)c1ccc(C(=O)N2CCNCC2)cc1.OSc1ccccc1Cl. The number of nitrogens with zero attached hydrogens (tertiary/aromatic N) is 3. The molecular weight excluding hydrogens is 432 g/mol. The van der Waals surface area contributed by atoms with Crippen LogP contribution in [0.1, 0.15) is 10.4 Å². The first-order chi connectivity index (χ1) is 15.1. The minimum Gasteiger partial charge on any atom is -0.345 e. The number of pyridine rings is 1. The Morgan fingerprint density at radius 1 is 1.03 bits per heavy atom. The molecule has 1 saturated heterocycles. The molecule has 8 heteroatoms. The van der Waals surface area contributed by atoms with Crippen LogP contribution in [0.3, 0.4) is 0 Å². The zero-order valence-corrected chi connectivity index (χ0v) is 18.8. The number of carbonyl (C=O) groups is 1. The molecule has 1 aromatic heterocycles. The summed E-state index contributed by atoms with van der Waals surface area (Å²) >= 11 is 6.31. The van der Waals surface area contributed by atoms with Gasteiger partial charge in [-0.25, -0.2) is 0 Å². The van der Waals surface area contributed by atoms with E-state index in [1.54, 1.807) is 24.5 Å². The predicted molar refractivity (Wildman–Crippen MR) is 127 cm³/mol. The fourth-order valence-electron chi connectivity index (χ4n) is 3.11. The molecule has 162 valence electrons. The molecular formula is C23H25ClN4O2S. The zero-order chi connectivity index (χ0) is 22.1. The van der Waals surface area contributed by atoms with Gasteiger partial charge in [0, 0.05) is 74.6 Å². The van der Waals surface area contributed by atoms with Gasteiger partial charge in [0.25, 0.3) is 5.91 Å². The summed E-state index contributed by atoms with van der Waals surface area (Å²) in [5, 5.41) is 3.85. The lowest BCUT2D eigenvalue weighted by atomic mass is 10.1. The normalized spacial score (nSPS) is 13.2. The Kier molecular flexibility index (Phi) is 8.73. The van der Waals surface area contributed by atoms with E-state index in [2.05, 4.69) is 15.2 Å². The minimum atomic E-state index is 0.111. The van der Waals surface area contributed by atoms with Crippen LogP contribution in [-0.2, 0) is 0 Å². The Bertz CT molecular complexity index is 967. The van der Waals surface area contributed by atoms with Crippen molar-refractivity contribution in [2.45, 2.75) is 4.90 Å². The second-order valence-electron chi connectivity index (χ2n) is 6.88. The maximum atomic E-state index is 12.4. The van der Waals surface area contributed by atoms with E-state index in [9.17, 15) is 4.79 Å². The van der Waals surface area contributed by atoms with Gasteiger partial charge in [-0.1, -0.05) is 23.7 Å². The topological polar surface area (TPSA) is 68.7 Å². The molecule has 0 unspecified atom stereocenters. The Morgan fingerprint density at radius 2 is 1.65 bits per heavy atom. The van der Waals surface area contributed by atoms with Crippen molar-refractivity contribution in [2.24, 2.45) is 0 Å². The molecule has 1 aliphatic heterocycles. The van der Waals surface area contributed by atoms with E-state index in [0.717, 1.165) is 43.1 Å². The van der Waals surface area contributed by atoms with E-state index in [1.165, 1.54) is 0 Å². The molecule has 1 aliphatic rings. The van der Waals surface area contributed by atoms with Crippen LogP contribution < -0.4 is 10.2 Å².